The van der Waals surface area contributed by atoms with Gasteiger partial charge in [0.1, 0.15) is 11.8 Å². The van der Waals surface area contributed by atoms with Gasteiger partial charge in [-0.2, -0.15) is 13.2 Å². The van der Waals surface area contributed by atoms with Crippen molar-refractivity contribution in [1.82, 2.24) is 15.1 Å². The first-order valence-corrected chi connectivity index (χ1v) is 8.82. The van der Waals surface area contributed by atoms with Crippen molar-refractivity contribution in [3.63, 3.8) is 0 Å². The van der Waals surface area contributed by atoms with Crippen LogP contribution < -0.4 is 10.1 Å². The molecular weight excluding hydrogens is 472 g/mol. The summed E-state index contributed by atoms with van der Waals surface area (Å²) in [4.78, 5) is 8.13. The molecule has 1 aromatic carbocycles. The molecule has 0 saturated carbocycles. The van der Waals surface area contributed by atoms with Gasteiger partial charge >= 0.3 is 6.18 Å². The molecule has 1 heterocycles. The molecule has 1 atom stereocenters. The molecule has 27 heavy (non-hydrogen) atoms. The fraction of sp³-hybridized carbons (Fsp3) is 0.611. The fourth-order valence-electron chi connectivity index (χ4n) is 2.85. The van der Waals surface area contributed by atoms with Crippen molar-refractivity contribution in [1.29, 1.82) is 0 Å². The number of benzene rings is 1. The zero-order valence-electron chi connectivity index (χ0n) is 15.9. The number of aliphatic imine (C=N–C) groups is 1. The van der Waals surface area contributed by atoms with E-state index in [1.165, 1.54) is 11.8 Å². The van der Waals surface area contributed by atoms with Crippen molar-refractivity contribution in [2.45, 2.75) is 32.6 Å². The Morgan fingerprint density at radius 3 is 2.26 bits per heavy atom. The summed E-state index contributed by atoms with van der Waals surface area (Å²) in [6.45, 7) is 6.20. The van der Waals surface area contributed by atoms with Gasteiger partial charge in [0.05, 0.1) is 13.7 Å². The number of ether oxygens (including phenoxy) is 1. The van der Waals surface area contributed by atoms with E-state index in [0.717, 1.165) is 17.3 Å². The van der Waals surface area contributed by atoms with Crippen LogP contribution in [0.3, 0.4) is 0 Å². The van der Waals surface area contributed by atoms with E-state index in [9.17, 15) is 13.2 Å². The number of rotatable bonds is 5. The van der Waals surface area contributed by atoms with E-state index in [0.29, 0.717) is 39.3 Å². The van der Waals surface area contributed by atoms with Crippen LogP contribution in [0.2, 0.25) is 0 Å². The second-order valence-electron chi connectivity index (χ2n) is 6.26. The van der Waals surface area contributed by atoms with Crippen LogP contribution in [-0.2, 0) is 6.54 Å². The Morgan fingerprint density at radius 1 is 1.19 bits per heavy atom. The van der Waals surface area contributed by atoms with E-state index in [-0.39, 0.29) is 24.0 Å². The SMILES string of the molecule is CCNC(=NCc1ccc(OC)cc1)N1CCN(C(C)C(F)(F)F)CC1.I. The Labute approximate surface area is 176 Å². The predicted molar refractivity (Wildman–Crippen MR) is 112 cm³/mol. The third-order valence-electron chi connectivity index (χ3n) is 4.54. The van der Waals surface area contributed by atoms with Crippen LogP contribution in [0, 0.1) is 0 Å². The molecule has 1 N–H and O–H groups in total. The number of halogens is 4. The van der Waals surface area contributed by atoms with Crippen molar-refractivity contribution in [3.05, 3.63) is 29.8 Å². The monoisotopic (exact) mass is 500 g/mol. The third-order valence-corrected chi connectivity index (χ3v) is 4.54. The van der Waals surface area contributed by atoms with E-state index in [2.05, 4.69) is 10.3 Å². The first kappa shape index (κ1) is 23.8. The maximum Gasteiger partial charge on any atom is 0.403 e. The smallest absolute Gasteiger partial charge is 0.403 e. The molecule has 1 aromatic rings. The van der Waals surface area contributed by atoms with Gasteiger partial charge in [-0.1, -0.05) is 12.1 Å². The van der Waals surface area contributed by atoms with E-state index >= 15 is 0 Å². The lowest BCUT2D eigenvalue weighted by atomic mass is 10.2. The van der Waals surface area contributed by atoms with Crippen LogP contribution >= 0.6 is 24.0 Å². The third kappa shape index (κ3) is 7.02. The largest absolute Gasteiger partial charge is 0.497 e. The minimum Gasteiger partial charge on any atom is -0.497 e. The van der Waals surface area contributed by atoms with Crippen LogP contribution in [0.1, 0.15) is 19.4 Å². The summed E-state index contributed by atoms with van der Waals surface area (Å²) in [5.41, 5.74) is 1.05. The Morgan fingerprint density at radius 2 is 1.78 bits per heavy atom. The summed E-state index contributed by atoms with van der Waals surface area (Å²) in [7, 11) is 1.62. The molecular formula is C18H28F3IN4O. The highest BCUT2D eigenvalue weighted by Gasteiger charge is 2.41. The summed E-state index contributed by atoms with van der Waals surface area (Å²) in [6, 6.07) is 6.26. The van der Waals surface area contributed by atoms with E-state index in [4.69, 9.17) is 4.74 Å². The second-order valence-corrected chi connectivity index (χ2v) is 6.26. The van der Waals surface area contributed by atoms with Gasteiger partial charge in [-0.3, -0.25) is 4.90 Å². The van der Waals surface area contributed by atoms with Gasteiger partial charge in [0.2, 0.25) is 0 Å². The molecule has 0 radical (unpaired) electrons. The number of guanidine groups is 1. The zero-order chi connectivity index (χ0) is 19.2. The number of hydrogen-bond acceptors (Lipinski definition) is 3. The standard InChI is InChI=1S/C18H27F3N4O.HI/c1-4-22-17(23-13-15-5-7-16(26-3)8-6-15)25-11-9-24(10-12-25)14(2)18(19,20)21;/h5-8,14H,4,9-13H2,1-3H3,(H,22,23);1H. The Bertz CT molecular complexity index is 587. The normalized spacial score (nSPS) is 17.3. The highest BCUT2D eigenvalue weighted by atomic mass is 127. The maximum atomic E-state index is 12.9. The molecule has 0 amide bonds. The summed E-state index contributed by atoms with van der Waals surface area (Å²) < 4.78 is 43.8. The predicted octanol–water partition coefficient (Wildman–Crippen LogP) is 3.35. The van der Waals surface area contributed by atoms with Crippen LogP contribution in [0.4, 0.5) is 13.2 Å². The van der Waals surface area contributed by atoms with E-state index in [1.54, 1.807) is 7.11 Å². The molecule has 2 rings (SSSR count). The van der Waals surface area contributed by atoms with Gasteiger partial charge in [0, 0.05) is 32.7 Å². The van der Waals surface area contributed by atoms with Crippen LogP contribution in [-0.4, -0.2) is 67.8 Å². The zero-order valence-corrected chi connectivity index (χ0v) is 18.3. The van der Waals surface area contributed by atoms with Crippen molar-refractivity contribution >= 4 is 29.9 Å². The topological polar surface area (TPSA) is 40.1 Å². The summed E-state index contributed by atoms with van der Waals surface area (Å²) in [6.07, 6.45) is -4.19. The van der Waals surface area contributed by atoms with Crippen molar-refractivity contribution in [3.8, 4) is 5.75 Å². The lowest BCUT2D eigenvalue weighted by Gasteiger charge is -2.39. The molecule has 1 saturated heterocycles. The first-order chi connectivity index (χ1) is 12.3. The molecule has 1 aliphatic heterocycles. The number of nitrogens with zero attached hydrogens (tertiary/aromatic N) is 3. The average molecular weight is 500 g/mol. The molecule has 0 aromatic heterocycles. The molecule has 1 unspecified atom stereocenters. The van der Waals surface area contributed by atoms with Gasteiger partial charge in [-0.15, -0.1) is 24.0 Å². The molecule has 5 nitrogen and oxygen atoms in total. The van der Waals surface area contributed by atoms with E-state index in [1.807, 2.05) is 36.1 Å². The van der Waals surface area contributed by atoms with Crippen molar-refractivity contribution < 1.29 is 17.9 Å². The van der Waals surface area contributed by atoms with Gasteiger partial charge < -0.3 is 15.0 Å². The highest BCUT2D eigenvalue weighted by Crippen LogP contribution is 2.25. The Balaban J connectivity index is 0.00000364. The van der Waals surface area contributed by atoms with Gasteiger partial charge in [0.15, 0.2) is 5.96 Å². The van der Waals surface area contributed by atoms with Gasteiger partial charge in [-0.05, 0) is 31.5 Å². The van der Waals surface area contributed by atoms with E-state index < -0.39 is 12.2 Å². The summed E-state index contributed by atoms with van der Waals surface area (Å²) >= 11 is 0. The Hall–Kier alpha value is -1.23. The number of alkyl halides is 3. The van der Waals surface area contributed by atoms with Gasteiger partial charge in [0.25, 0.3) is 0 Å². The molecule has 1 fully saturated rings. The minimum absolute atomic E-state index is 0. The summed E-state index contributed by atoms with van der Waals surface area (Å²) in [5, 5.41) is 3.23. The van der Waals surface area contributed by atoms with Crippen molar-refractivity contribution in [2.24, 2.45) is 4.99 Å². The maximum absolute atomic E-state index is 12.9. The molecule has 154 valence electrons. The first-order valence-electron chi connectivity index (χ1n) is 8.82. The van der Waals surface area contributed by atoms with Crippen molar-refractivity contribution in [2.75, 3.05) is 39.8 Å². The quantitative estimate of drug-likeness (QED) is 0.383. The lowest BCUT2D eigenvalue weighted by molar-refractivity contribution is -0.181. The van der Waals surface area contributed by atoms with Crippen LogP contribution in [0.5, 0.6) is 5.75 Å². The average Bonchev–Trinajstić information content (AvgIpc) is 2.64. The van der Waals surface area contributed by atoms with Crippen LogP contribution in [0.15, 0.2) is 29.3 Å². The number of methoxy groups -OCH3 is 1. The fourth-order valence-corrected chi connectivity index (χ4v) is 2.85. The highest BCUT2D eigenvalue weighted by molar-refractivity contribution is 14.0. The minimum atomic E-state index is -4.19. The number of piperazine rings is 1. The second kappa shape index (κ2) is 10.9. The number of nitrogens with one attached hydrogen (secondary N) is 1. The lowest BCUT2D eigenvalue weighted by Crippen LogP contribution is -2.56. The number of hydrogen-bond donors (Lipinski definition) is 1. The summed E-state index contributed by atoms with van der Waals surface area (Å²) in [5.74, 6) is 1.53. The molecule has 1 aliphatic rings. The Kier molecular flexibility index (Phi) is 9.65. The molecule has 9 heteroatoms. The molecule has 0 aliphatic carbocycles. The molecule has 0 spiro atoms. The van der Waals surface area contributed by atoms with Gasteiger partial charge in [-0.25, -0.2) is 4.99 Å². The molecule has 0 bridgehead atoms. The van der Waals surface area contributed by atoms with Crippen LogP contribution in [0.25, 0.3) is 0 Å².